The molecule has 0 aliphatic carbocycles. The van der Waals surface area contributed by atoms with Crippen LogP contribution in [0.15, 0.2) is 24.3 Å². The van der Waals surface area contributed by atoms with Gasteiger partial charge in [0, 0.05) is 26.9 Å². The van der Waals surface area contributed by atoms with Crippen molar-refractivity contribution in [3.8, 4) is 0 Å². The summed E-state index contributed by atoms with van der Waals surface area (Å²) in [5.74, 6) is 0.412. The van der Waals surface area contributed by atoms with E-state index in [0.717, 1.165) is 13.0 Å². The molecule has 3 nitrogen and oxygen atoms in total. The van der Waals surface area contributed by atoms with Crippen LogP contribution in [-0.2, 0) is 11.2 Å². The van der Waals surface area contributed by atoms with Gasteiger partial charge < -0.3 is 15.4 Å². The van der Waals surface area contributed by atoms with E-state index in [9.17, 15) is 0 Å². The van der Waals surface area contributed by atoms with Gasteiger partial charge in [-0.05, 0) is 36.6 Å². The van der Waals surface area contributed by atoms with Gasteiger partial charge in [0.1, 0.15) is 0 Å². The molecule has 0 saturated heterocycles. The van der Waals surface area contributed by atoms with E-state index in [1.165, 1.54) is 11.3 Å². The summed E-state index contributed by atoms with van der Waals surface area (Å²) < 4.78 is 5.14. The maximum Gasteiger partial charge on any atom is 0.0505 e. The van der Waals surface area contributed by atoms with Crippen LogP contribution in [0.1, 0.15) is 5.56 Å². The number of nitrogens with zero attached hydrogens (tertiary/aromatic N) is 1. The Morgan fingerprint density at radius 3 is 2.31 bits per heavy atom. The van der Waals surface area contributed by atoms with E-state index in [2.05, 4.69) is 29.2 Å². The van der Waals surface area contributed by atoms with Crippen molar-refractivity contribution in [2.24, 2.45) is 11.7 Å². The highest BCUT2D eigenvalue weighted by molar-refractivity contribution is 5.46. The van der Waals surface area contributed by atoms with E-state index in [0.29, 0.717) is 12.5 Å². The number of methoxy groups -OCH3 is 1. The summed E-state index contributed by atoms with van der Waals surface area (Å²) in [5.41, 5.74) is 8.24. The number of nitrogens with two attached hydrogens (primary N) is 1. The lowest BCUT2D eigenvalue weighted by Crippen LogP contribution is -2.21. The van der Waals surface area contributed by atoms with Gasteiger partial charge >= 0.3 is 0 Å². The molecular formula is C13H22N2O. The fourth-order valence-electron chi connectivity index (χ4n) is 1.71. The van der Waals surface area contributed by atoms with Crippen LogP contribution in [0.3, 0.4) is 0 Å². The number of hydrogen-bond donors (Lipinski definition) is 1. The van der Waals surface area contributed by atoms with Crippen LogP contribution < -0.4 is 10.6 Å². The predicted octanol–water partition coefficient (Wildman–Crippen LogP) is 1.52. The van der Waals surface area contributed by atoms with Crippen LogP contribution in [0.5, 0.6) is 0 Å². The number of hydrogen-bond acceptors (Lipinski definition) is 3. The summed E-state index contributed by atoms with van der Waals surface area (Å²) in [5, 5.41) is 0. The maximum atomic E-state index is 5.70. The van der Waals surface area contributed by atoms with Gasteiger partial charge in [0.2, 0.25) is 0 Å². The summed E-state index contributed by atoms with van der Waals surface area (Å²) in [4.78, 5) is 2.10. The molecule has 1 aromatic rings. The number of anilines is 1. The smallest absolute Gasteiger partial charge is 0.0505 e. The van der Waals surface area contributed by atoms with Gasteiger partial charge in [-0.3, -0.25) is 0 Å². The zero-order valence-electron chi connectivity index (χ0n) is 10.4. The molecule has 0 radical (unpaired) electrons. The second-order valence-electron chi connectivity index (χ2n) is 4.32. The molecule has 2 N–H and O–H groups in total. The van der Waals surface area contributed by atoms with Gasteiger partial charge in [0.25, 0.3) is 0 Å². The zero-order valence-corrected chi connectivity index (χ0v) is 10.4. The molecule has 90 valence electrons. The van der Waals surface area contributed by atoms with Crippen molar-refractivity contribution < 1.29 is 4.74 Å². The summed E-state index contributed by atoms with van der Waals surface area (Å²) >= 11 is 0. The standard InChI is InChI=1S/C13H22N2O/c1-15(2)13-6-4-11(5-7-13)8-12(9-14)10-16-3/h4-7,12H,8-10,14H2,1-3H3. The van der Waals surface area contributed by atoms with Crippen LogP contribution in [0, 0.1) is 5.92 Å². The Balaban J connectivity index is 2.60. The Kier molecular flexibility index (Phi) is 5.29. The quantitative estimate of drug-likeness (QED) is 0.793. The molecule has 1 atom stereocenters. The van der Waals surface area contributed by atoms with Crippen molar-refractivity contribution in [1.82, 2.24) is 0 Å². The minimum atomic E-state index is 0.412. The van der Waals surface area contributed by atoms with Crippen LogP contribution in [-0.4, -0.2) is 34.4 Å². The minimum Gasteiger partial charge on any atom is -0.384 e. The zero-order chi connectivity index (χ0) is 12.0. The Bertz CT molecular complexity index is 295. The molecule has 0 amide bonds. The lowest BCUT2D eigenvalue weighted by atomic mass is 10.00. The number of rotatable bonds is 6. The molecule has 0 spiro atoms. The first-order chi connectivity index (χ1) is 7.67. The Morgan fingerprint density at radius 1 is 1.25 bits per heavy atom. The molecule has 3 heteroatoms. The summed E-state index contributed by atoms with van der Waals surface area (Å²) in [6.07, 6.45) is 0.984. The van der Waals surface area contributed by atoms with E-state index in [4.69, 9.17) is 10.5 Å². The normalized spacial score (nSPS) is 12.5. The average Bonchev–Trinajstić information content (AvgIpc) is 2.29. The molecule has 0 aliphatic heterocycles. The van der Waals surface area contributed by atoms with Gasteiger partial charge in [-0.25, -0.2) is 0 Å². The van der Waals surface area contributed by atoms with E-state index >= 15 is 0 Å². The lowest BCUT2D eigenvalue weighted by molar-refractivity contribution is 0.155. The third-order valence-electron chi connectivity index (χ3n) is 2.71. The molecule has 1 rings (SSSR count). The van der Waals surface area contributed by atoms with Gasteiger partial charge in [0.05, 0.1) is 6.61 Å². The molecule has 0 heterocycles. The molecule has 1 unspecified atom stereocenters. The van der Waals surface area contributed by atoms with Gasteiger partial charge in [-0.1, -0.05) is 12.1 Å². The van der Waals surface area contributed by atoms with Crippen molar-refractivity contribution in [3.05, 3.63) is 29.8 Å². The number of benzene rings is 1. The summed E-state index contributed by atoms with van der Waals surface area (Å²) in [6, 6.07) is 8.59. The Hall–Kier alpha value is -1.06. The monoisotopic (exact) mass is 222 g/mol. The molecule has 0 saturated carbocycles. The van der Waals surface area contributed by atoms with Crippen molar-refractivity contribution in [1.29, 1.82) is 0 Å². The largest absolute Gasteiger partial charge is 0.384 e. The topological polar surface area (TPSA) is 38.5 Å². The van der Waals surface area contributed by atoms with Crippen molar-refractivity contribution in [2.45, 2.75) is 6.42 Å². The van der Waals surface area contributed by atoms with Gasteiger partial charge in [-0.15, -0.1) is 0 Å². The number of ether oxygens (including phenoxy) is 1. The predicted molar refractivity (Wildman–Crippen MR) is 68.9 cm³/mol. The molecule has 0 fully saturated rings. The Morgan fingerprint density at radius 2 is 1.88 bits per heavy atom. The molecule has 16 heavy (non-hydrogen) atoms. The lowest BCUT2D eigenvalue weighted by Gasteiger charge is -2.15. The molecule has 0 aliphatic rings. The fourth-order valence-corrected chi connectivity index (χ4v) is 1.71. The second-order valence-corrected chi connectivity index (χ2v) is 4.32. The van der Waals surface area contributed by atoms with Crippen molar-refractivity contribution in [2.75, 3.05) is 39.3 Å². The fraction of sp³-hybridized carbons (Fsp3) is 0.538. The minimum absolute atomic E-state index is 0.412. The van der Waals surface area contributed by atoms with Crippen LogP contribution >= 0.6 is 0 Å². The maximum absolute atomic E-state index is 5.70. The highest BCUT2D eigenvalue weighted by Crippen LogP contribution is 2.15. The first kappa shape index (κ1) is 13.0. The van der Waals surface area contributed by atoms with Crippen molar-refractivity contribution in [3.63, 3.8) is 0 Å². The molecule has 0 aromatic heterocycles. The summed E-state index contributed by atoms with van der Waals surface area (Å²) in [7, 11) is 5.81. The summed E-state index contributed by atoms with van der Waals surface area (Å²) in [6.45, 7) is 1.40. The van der Waals surface area contributed by atoms with Gasteiger partial charge in [-0.2, -0.15) is 0 Å². The van der Waals surface area contributed by atoms with Crippen LogP contribution in [0.2, 0.25) is 0 Å². The second kappa shape index (κ2) is 6.51. The first-order valence-electron chi connectivity index (χ1n) is 5.62. The molecular weight excluding hydrogens is 200 g/mol. The van der Waals surface area contributed by atoms with E-state index in [1.54, 1.807) is 7.11 Å². The highest BCUT2D eigenvalue weighted by atomic mass is 16.5. The average molecular weight is 222 g/mol. The van der Waals surface area contributed by atoms with Crippen LogP contribution in [0.25, 0.3) is 0 Å². The third-order valence-corrected chi connectivity index (χ3v) is 2.71. The SMILES string of the molecule is COCC(CN)Cc1ccc(N(C)C)cc1. The van der Waals surface area contributed by atoms with E-state index in [1.807, 2.05) is 14.1 Å². The Labute approximate surface area is 98.2 Å². The first-order valence-corrected chi connectivity index (χ1v) is 5.62. The third kappa shape index (κ3) is 3.83. The van der Waals surface area contributed by atoms with E-state index < -0.39 is 0 Å². The molecule has 0 bridgehead atoms. The highest BCUT2D eigenvalue weighted by Gasteiger charge is 2.07. The van der Waals surface area contributed by atoms with Crippen LogP contribution in [0.4, 0.5) is 5.69 Å². The van der Waals surface area contributed by atoms with Crippen molar-refractivity contribution >= 4 is 5.69 Å². The van der Waals surface area contributed by atoms with E-state index in [-0.39, 0.29) is 0 Å². The van der Waals surface area contributed by atoms with Gasteiger partial charge in [0.15, 0.2) is 0 Å². The molecule has 1 aromatic carbocycles.